The van der Waals surface area contributed by atoms with Crippen molar-refractivity contribution < 1.29 is 9.21 Å². The summed E-state index contributed by atoms with van der Waals surface area (Å²) in [4.78, 5) is 15.0. The van der Waals surface area contributed by atoms with E-state index in [9.17, 15) is 4.79 Å². The number of hydrogen-bond donors (Lipinski definition) is 1. The zero-order valence-electron chi connectivity index (χ0n) is 7.77. The van der Waals surface area contributed by atoms with Gasteiger partial charge in [-0.3, -0.25) is 4.79 Å². The minimum Gasteiger partial charge on any atom is -0.440 e. The van der Waals surface area contributed by atoms with Gasteiger partial charge >= 0.3 is 0 Å². The van der Waals surface area contributed by atoms with Gasteiger partial charge in [0.1, 0.15) is 5.52 Å². The molecule has 76 valence electrons. The molecule has 2 N–H and O–H groups in total. The number of aromatic nitrogens is 1. The molecular formula is C10H8N2O2S. The molecule has 15 heavy (non-hydrogen) atoms. The first-order valence-corrected chi connectivity index (χ1v) is 4.75. The smallest absolute Gasteiger partial charge is 0.255 e. The van der Waals surface area contributed by atoms with Crippen LogP contribution in [0.15, 0.2) is 28.7 Å². The van der Waals surface area contributed by atoms with Crippen LogP contribution in [0.3, 0.4) is 0 Å². The van der Waals surface area contributed by atoms with Gasteiger partial charge in [-0.05, 0) is 12.1 Å². The molecular weight excluding hydrogens is 212 g/mol. The number of thiocarbonyl (C=S) groups is 1. The Morgan fingerprint density at radius 2 is 2.20 bits per heavy atom. The van der Waals surface area contributed by atoms with E-state index in [-0.39, 0.29) is 11.3 Å². The van der Waals surface area contributed by atoms with Crippen LogP contribution < -0.4 is 5.73 Å². The summed E-state index contributed by atoms with van der Waals surface area (Å²) in [7, 11) is 0. The van der Waals surface area contributed by atoms with E-state index in [1.165, 1.54) is 0 Å². The number of amides is 1. The SMILES string of the molecule is NC(=O)C(=S)Cc1nc2ccccc2o1. The van der Waals surface area contributed by atoms with Crippen LogP contribution in [0, 0.1) is 0 Å². The highest BCUT2D eigenvalue weighted by Gasteiger charge is 2.10. The number of rotatable bonds is 3. The largest absolute Gasteiger partial charge is 0.440 e. The lowest BCUT2D eigenvalue weighted by Crippen LogP contribution is -2.23. The predicted octanol–water partition coefficient (Wildman–Crippen LogP) is 1.23. The lowest BCUT2D eigenvalue weighted by molar-refractivity contribution is -0.111. The van der Waals surface area contributed by atoms with Gasteiger partial charge in [-0.25, -0.2) is 4.98 Å². The van der Waals surface area contributed by atoms with Crippen LogP contribution in [-0.2, 0) is 11.2 Å². The van der Waals surface area contributed by atoms with Gasteiger partial charge < -0.3 is 10.2 Å². The van der Waals surface area contributed by atoms with Crippen LogP contribution in [0.1, 0.15) is 5.89 Å². The molecule has 2 rings (SSSR count). The fraction of sp³-hybridized carbons (Fsp3) is 0.100. The maximum Gasteiger partial charge on any atom is 0.255 e. The number of carbonyl (C=O) groups excluding carboxylic acids is 1. The molecule has 0 bridgehead atoms. The normalized spacial score (nSPS) is 10.4. The maximum atomic E-state index is 10.7. The van der Waals surface area contributed by atoms with Gasteiger partial charge in [0.15, 0.2) is 5.58 Å². The van der Waals surface area contributed by atoms with Gasteiger partial charge in [0.25, 0.3) is 5.91 Å². The van der Waals surface area contributed by atoms with Crippen molar-refractivity contribution in [2.75, 3.05) is 0 Å². The number of carbonyl (C=O) groups is 1. The predicted molar refractivity (Wildman–Crippen MR) is 59.5 cm³/mol. The molecule has 0 aliphatic carbocycles. The first kappa shape index (κ1) is 9.79. The minimum absolute atomic E-state index is 0.126. The Labute approximate surface area is 91.1 Å². The van der Waals surface area contributed by atoms with Crippen molar-refractivity contribution in [3.05, 3.63) is 30.2 Å². The van der Waals surface area contributed by atoms with Gasteiger partial charge in [0.2, 0.25) is 5.89 Å². The second kappa shape index (κ2) is 3.78. The van der Waals surface area contributed by atoms with E-state index < -0.39 is 5.91 Å². The van der Waals surface area contributed by atoms with E-state index in [2.05, 4.69) is 4.98 Å². The number of nitrogens with zero attached hydrogens (tertiary/aromatic N) is 1. The highest BCUT2D eigenvalue weighted by Crippen LogP contribution is 2.15. The van der Waals surface area contributed by atoms with Crippen molar-refractivity contribution in [2.24, 2.45) is 5.73 Å². The zero-order chi connectivity index (χ0) is 10.8. The Hall–Kier alpha value is -1.75. The van der Waals surface area contributed by atoms with E-state index in [1.54, 1.807) is 6.07 Å². The lowest BCUT2D eigenvalue weighted by atomic mass is 10.3. The highest BCUT2D eigenvalue weighted by molar-refractivity contribution is 7.82. The number of nitrogens with two attached hydrogens (primary N) is 1. The van der Waals surface area contributed by atoms with Gasteiger partial charge in [-0.15, -0.1) is 0 Å². The van der Waals surface area contributed by atoms with Crippen molar-refractivity contribution in [3.63, 3.8) is 0 Å². The molecule has 5 heteroatoms. The lowest BCUT2D eigenvalue weighted by Gasteiger charge is -1.92. The Morgan fingerprint density at radius 1 is 1.47 bits per heavy atom. The summed E-state index contributed by atoms with van der Waals surface area (Å²) in [5.41, 5.74) is 6.46. The quantitative estimate of drug-likeness (QED) is 0.790. The monoisotopic (exact) mass is 220 g/mol. The average Bonchev–Trinajstić information content (AvgIpc) is 2.59. The number of oxazole rings is 1. The molecule has 1 amide bonds. The average molecular weight is 220 g/mol. The van der Waals surface area contributed by atoms with Crippen LogP contribution in [0.5, 0.6) is 0 Å². The molecule has 4 nitrogen and oxygen atoms in total. The zero-order valence-corrected chi connectivity index (χ0v) is 8.58. The molecule has 0 saturated heterocycles. The molecule has 0 aliphatic rings. The van der Waals surface area contributed by atoms with E-state index in [4.69, 9.17) is 22.4 Å². The van der Waals surface area contributed by atoms with Gasteiger partial charge in [0.05, 0.1) is 11.3 Å². The second-order valence-electron chi connectivity index (χ2n) is 3.04. The molecule has 0 aliphatic heterocycles. The van der Waals surface area contributed by atoms with Crippen LogP contribution >= 0.6 is 12.2 Å². The summed E-state index contributed by atoms with van der Waals surface area (Å²) in [6.45, 7) is 0. The Bertz CT molecular complexity index is 500. The summed E-state index contributed by atoms with van der Waals surface area (Å²) < 4.78 is 5.38. The molecule has 0 spiro atoms. The van der Waals surface area contributed by atoms with Crippen LogP contribution in [-0.4, -0.2) is 15.8 Å². The third-order valence-electron chi connectivity index (χ3n) is 1.92. The third-order valence-corrected chi connectivity index (χ3v) is 2.27. The first-order chi connectivity index (χ1) is 7.16. The Balaban J connectivity index is 2.30. The third kappa shape index (κ3) is 2.02. The first-order valence-electron chi connectivity index (χ1n) is 4.34. The van der Waals surface area contributed by atoms with Crippen molar-refractivity contribution in [1.29, 1.82) is 0 Å². The minimum atomic E-state index is -0.604. The summed E-state index contributed by atoms with van der Waals surface area (Å²) in [5, 5.41) is 0. The number of fused-ring (bicyclic) bond motifs is 1. The molecule has 0 saturated carbocycles. The van der Waals surface area contributed by atoms with E-state index in [0.29, 0.717) is 11.5 Å². The van der Waals surface area contributed by atoms with Crippen molar-refractivity contribution in [1.82, 2.24) is 4.98 Å². The van der Waals surface area contributed by atoms with Crippen LogP contribution in [0.4, 0.5) is 0 Å². The van der Waals surface area contributed by atoms with E-state index >= 15 is 0 Å². The van der Waals surface area contributed by atoms with Crippen LogP contribution in [0.25, 0.3) is 11.1 Å². The van der Waals surface area contributed by atoms with Gasteiger partial charge in [-0.1, -0.05) is 24.4 Å². The molecule has 0 radical (unpaired) electrons. The standard InChI is InChI=1S/C10H8N2O2S/c11-10(13)8(15)5-9-12-6-3-1-2-4-7(6)14-9/h1-4H,5H2,(H2,11,13). The number of benzene rings is 1. The number of primary amides is 1. The Morgan fingerprint density at radius 3 is 2.87 bits per heavy atom. The van der Waals surface area contributed by atoms with Crippen molar-refractivity contribution in [2.45, 2.75) is 6.42 Å². The van der Waals surface area contributed by atoms with Gasteiger partial charge in [0, 0.05) is 0 Å². The number of hydrogen-bond acceptors (Lipinski definition) is 4. The van der Waals surface area contributed by atoms with Gasteiger partial charge in [-0.2, -0.15) is 0 Å². The summed E-state index contributed by atoms with van der Waals surface area (Å²) in [5.74, 6) is -0.188. The molecule has 1 aromatic carbocycles. The summed E-state index contributed by atoms with van der Waals surface area (Å²) in [6.07, 6.45) is 0.180. The molecule has 1 heterocycles. The van der Waals surface area contributed by atoms with E-state index in [1.807, 2.05) is 18.2 Å². The highest BCUT2D eigenvalue weighted by atomic mass is 32.1. The molecule has 2 aromatic rings. The maximum absolute atomic E-state index is 10.7. The fourth-order valence-electron chi connectivity index (χ4n) is 1.22. The van der Waals surface area contributed by atoms with Crippen molar-refractivity contribution >= 4 is 34.1 Å². The molecule has 0 fully saturated rings. The molecule has 0 atom stereocenters. The molecule has 0 unspecified atom stereocenters. The van der Waals surface area contributed by atoms with E-state index in [0.717, 1.165) is 5.52 Å². The second-order valence-corrected chi connectivity index (χ2v) is 3.53. The molecule has 1 aromatic heterocycles. The number of para-hydroxylation sites is 2. The summed E-state index contributed by atoms with van der Waals surface area (Å²) in [6, 6.07) is 7.35. The van der Waals surface area contributed by atoms with Crippen molar-refractivity contribution in [3.8, 4) is 0 Å². The topological polar surface area (TPSA) is 69.1 Å². The Kier molecular flexibility index (Phi) is 2.47. The summed E-state index contributed by atoms with van der Waals surface area (Å²) >= 11 is 4.79. The fourth-order valence-corrected chi connectivity index (χ4v) is 1.34. The van der Waals surface area contributed by atoms with Crippen LogP contribution in [0.2, 0.25) is 0 Å².